The van der Waals surface area contributed by atoms with Crippen molar-refractivity contribution >= 4 is 5.97 Å². The Morgan fingerprint density at radius 1 is 0.808 bits per heavy atom. The number of cyclic esters (lactones) is 1. The monoisotopic (exact) mass is 352 g/mol. The summed E-state index contributed by atoms with van der Waals surface area (Å²) in [6, 6.07) is 9.98. The highest BCUT2D eigenvalue weighted by atomic mass is 16.7. The van der Waals surface area contributed by atoms with Gasteiger partial charge in [-0.15, -0.1) is 0 Å². The Bertz CT molecular complexity index is 936. The van der Waals surface area contributed by atoms with E-state index in [0.29, 0.717) is 6.61 Å². The van der Waals surface area contributed by atoms with Crippen LogP contribution in [0.4, 0.5) is 0 Å². The molecule has 2 aromatic carbocycles. The van der Waals surface area contributed by atoms with Gasteiger partial charge in [0.1, 0.15) is 0 Å². The molecule has 0 bridgehead atoms. The van der Waals surface area contributed by atoms with E-state index in [4.69, 9.17) is 23.7 Å². The molecule has 6 heteroatoms. The fourth-order valence-electron chi connectivity index (χ4n) is 4.61. The molecule has 0 amide bonds. The number of hydrogen-bond donors (Lipinski definition) is 0. The first-order valence-electron chi connectivity index (χ1n) is 8.76. The molecule has 3 atom stereocenters. The fourth-order valence-corrected chi connectivity index (χ4v) is 4.61. The van der Waals surface area contributed by atoms with Gasteiger partial charge >= 0.3 is 5.97 Å². The van der Waals surface area contributed by atoms with Crippen molar-refractivity contribution in [2.24, 2.45) is 11.8 Å². The van der Waals surface area contributed by atoms with E-state index < -0.39 is 0 Å². The lowest BCUT2D eigenvalue weighted by Crippen LogP contribution is -2.31. The van der Waals surface area contributed by atoms with E-state index in [-0.39, 0.29) is 37.3 Å². The van der Waals surface area contributed by atoms with E-state index in [1.165, 1.54) is 5.56 Å². The van der Waals surface area contributed by atoms with Crippen LogP contribution in [0.3, 0.4) is 0 Å². The minimum absolute atomic E-state index is 0.0947. The molecular weight excluding hydrogens is 336 g/mol. The standard InChI is InChI=1S/C20H16O6/c21-20-19-12(7-22-20)3-11-5-16-17(26-9-25-16)6-13(11)18(19)10-1-2-14-15(4-10)24-8-23-14/h1-2,4-6,12,18-19H,3,7-9H2/t12-,18-,19-/m0/s1. The Kier molecular flexibility index (Phi) is 2.78. The zero-order chi connectivity index (χ0) is 17.3. The second kappa shape index (κ2) is 5.06. The van der Waals surface area contributed by atoms with Gasteiger partial charge in [0.2, 0.25) is 13.6 Å². The first kappa shape index (κ1) is 14.3. The second-order valence-electron chi connectivity index (χ2n) is 7.11. The summed E-state index contributed by atoms with van der Waals surface area (Å²) in [6.07, 6.45) is 0.809. The van der Waals surface area contributed by atoms with Gasteiger partial charge in [0.25, 0.3) is 0 Å². The minimum Gasteiger partial charge on any atom is -0.465 e. The van der Waals surface area contributed by atoms with Crippen molar-refractivity contribution in [2.45, 2.75) is 12.3 Å². The normalized spacial score (nSPS) is 27.1. The van der Waals surface area contributed by atoms with E-state index in [1.54, 1.807) is 0 Å². The average molecular weight is 352 g/mol. The molecule has 132 valence electrons. The zero-order valence-electron chi connectivity index (χ0n) is 13.9. The molecule has 1 fully saturated rings. The van der Waals surface area contributed by atoms with Crippen LogP contribution < -0.4 is 18.9 Å². The topological polar surface area (TPSA) is 63.2 Å². The fraction of sp³-hybridized carbons (Fsp3) is 0.350. The van der Waals surface area contributed by atoms with Gasteiger partial charge in [-0.1, -0.05) is 6.07 Å². The molecule has 6 nitrogen and oxygen atoms in total. The first-order valence-corrected chi connectivity index (χ1v) is 8.76. The van der Waals surface area contributed by atoms with Gasteiger partial charge in [-0.3, -0.25) is 4.79 Å². The predicted octanol–water partition coefficient (Wildman–Crippen LogP) is 2.62. The van der Waals surface area contributed by atoms with Crippen LogP contribution in [-0.4, -0.2) is 26.2 Å². The number of fused-ring (bicyclic) bond motifs is 4. The third kappa shape index (κ3) is 1.90. The number of hydrogen-bond acceptors (Lipinski definition) is 6. The third-order valence-electron chi connectivity index (χ3n) is 5.79. The van der Waals surface area contributed by atoms with Crippen molar-refractivity contribution in [3.05, 3.63) is 47.0 Å². The summed E-state index contributed by atoms with van der Waals surface area (Å²) >= 11 is 0. The summed E-state index contributed by atoms with van der Waals surface area (Å²) in [5.41, 5.74) is 3.33. The van der Waals surface area contributed by atoms with Gasteiger partial charge < -0.3 is 23.7 Å². The third-order valence-corrected chi connectivity index (χ3v) is 5.79. The SMILES string of the molecule is O=C1OC[C@@H]2Cc3cc4c(cc3[C@H](c3ccc5c(c3)OCO5)[C@@H]12)OCO4. The Morgan fingerprint density at radius 3 is 2.38 bits per heavy atom. The maximum absolute atomic E-state index is 12.5. The Hall–Kier alpha value is -2.89. The molecule has 3 aliphatic heterocycles. The van der Waals surface area contributed by atoms with E-state index >= 15 is 0 Å². The van der Waals surface area contributed by atoms with Crippen molar-refractivity contribution < 1.29 is 28.5 Å². The largest absolute Gasteiger partial charge is 0.465 e. The van der Waals surface area contributed by atoms with Crippen LogP contribution in [0.1, 0.15) is 22.6 Å². The lowest BCUT2D eigenvalue weighted by atomic mass is 9.67. The molecule has 3 heterocycles. The maximum Gasteiger partial charge on any atom is 0.310 e. The molecule has 0 aromatic heterocycles. The molecule has 0 N–H and O–H groups in total. The van der Waals surface area contributed by atoms with Crippen LogP contribution in [0.2, 0.25) is 0 Å². The van der Waals surface area contributed by atoms with Gasteiger partial charge in [0.15, 0.2) is 23.0 Å². The van der Waals surface area contributed by atoms with Crippen molar-refractivity contribution in [1.82, 2.24) is 0 Å². The van der Waals surface area contributed by atoms with Crippen molar-refractivity contribution in [1.29, 1.82) is 0 Å². The van der Waals surface area contributed by atoms with Crippen LogP contribution >= 0.6 is 0 Å². The summed E-state index contributed by atoms with van der Waals surface area (Å²) in [5.74, 6) is 2.73. The molecule has 0 unspecified atom stereocenters. The molecule has 2 aromatic rings. The highest BCUT2D eigenvalue weighted by Crippen LogP contribution is 2.51. The Morgan fingerprint density at radius 2 is 1.54 bits per heavy atom. The number of benzene rings is 2. The maximum atomic E-state index is 12.5. The molecule has 26 heavy (non-hydrogen) atoms. The van der Waals surface area contributed by atoms with Gasteiger partial charge in [0, 0.05) is 11.8 Å². The molecule has 1 aliphatic carbocycles. The van der Waals surface area contributed by atoms with Crippen LogP contribution in [0.25, 0.3) is 0 Å². The first-order chi connectivity index (χ1) is 12.8. The predicted molar refractivity (Wildman–Crippen MR) is 88.6 cm³/mol. The van der Waals surface area contributed by atoms with Gasteiger partial charge in [-0.05, 0) is 47.4 Å². The number of esters is 1. The van der Waals surface area contributed by atoms with Crippen LogP contribution in [0.15, 0.2) is 30.3 Å². The smallest absolute Gasteiger partial charge is 0.310 e. The molecule has 0 saturated carbocycles. The van der Waals surface area contributed by atoms with Crippen molar-refractivity contribution in [3.63, 3.8) is 0 Å². The number of carbonyl (C=O) groups is 1. The van der Waals surface area contributed by atoms with Crippen molar-refractivity contribution in [3.8, 4) is 23.0 Å². The zero-order valence-corrected chi connectivity index (χ0v) is 13.9. The highest BCUT2D eigenvalue weighted by Gasteiger charge is 2.48. The summed E-state index contributed by atoms with van der Waals surface area (Å²) in [7, 11) is 0. The molecule has 1 saturated heterocycles. The van der Waals surface area contributed by atoms with E-state index in [0.717, 1.165) is 40.5 Å². The molecule has 6 rings (SSSR count). The van der Waals surface area contributed by atoms with Gasteiger partial charge in [-0.2, -0.15) is 0 Å². The van der Waals surface area contributed by atoms with E-state index in [9.17, 15) is 4.79 Å². The lowest BCUT2D eigenvalue weighted by Gasteiger charge is -2.33. The summed E-state index contributed by atoms with van der Waals surface area (Å²) in [4.78, 5) is 12.5. The number of rotatable bonds is 1. The van der Waals surface area contributed by atoms with E-state index in [2.05, 4.69) is 6.07 Å². The Balaban J connectivity index is 1.54. The summed E-state index contributed by atoms with van der Waals surface area (Å²) in [6.45, 7) is 0.938. The minimum atomic E-state index is -0.191. The van der Waals surface area contributed by atoms with Crippen LogP contribution in [-0.2, 0) is 16.0 Å². The summed E-state index contributed by atoms with van der Waals surface area (Å²) in [5, 5.41) is 0. The molecular formula is C20H16O6. The molecule has 0 spiro atoms. The molecule has 0 radical (unpaired) electrons. The number of ether oxygens (including phenoxy) is 5. The second-order valence-corrected chi connectivity index (χ2v) is 7.11. The van der Waals surface area contributed by atoms with Crippen molar-refractivity contribution in [2.75, 3.05) is 20.2 Å². The quantitative estimate of drug-likeness (QED) is 0.735. The number of carbonyl (C=O) groups excluding carboxylic acids is 1. The highest BCUT2D eigenvalue weighted by molar-refractivity contribution is 5.78. The van der Waals surface area contributed by atoms with Gasteiger partial charge in [-0.25, -0.2) is 0 Å². The summed E-state index contributed by atoms with van der Waals surface area (Å²) < 4.78 is 27.5. The average Bonchev–Trinajstić information content (AvgIpc) is 3.37. The van der Waals surface area contributed by atoms with Crippen LogP contribution in [0, 0.1) is 11.8 Å². The lowest BCUT2D eigenvalue weighted by molar-refractivity contribution is -0.141. The Labute approximate surface area is 149 Å². The van der Waals surface area contributed by atoms with Gasteiger partial charge in [0.05, 0.1) is 12.5 Å². The van der Waals surface area contributed by atoms with E-state index in [1.807, 2.05) is 24.3 Å². The van der Waals surface area contributed by atoms with Crippen LogP contribution in [0.5, 0.6) is 23.0 Å². The molecule has 4 aliphatic rings.